The summed E-state index contributed by atoms with van der Waals surface area (Å²) in [6, 6.07) is 7.86. The quantitative estimate of drug-likeness (QED) is 0.746. The van der Waals surface area contributed by atoms with Gasteiger partial charge in [-0.05, 0) is 38.2 Å². The topological polar surface area (TPSA) is 61.5 Å². The normalized spacial score (nSPS) is 17.3. The summed E-state index contributed by atoms with van der Waals surface area (Å²) in [5.74, 6) is 0.356. The van der Waals surface area contributed by atoms with Crippen molar-refractivity contribution in [2.24, 2.45) is 11.7 Å². The Bertz CT molecular complexity index is 485. The monoisotopic (exact) mass is 291 g/mol. The highest BCUT2D eigenvalue weighted by Gasteiger charge is 2.41. The summed E-state index contributed by atoms with van der Waals surface area (Å²) in [5, 5.41) is 0. The van der Waals surface area contributed by atoms with Gasteiger partial charge in [0.05, 0.1) is 13.2 Å². The molecule has 2 rings (SSSR count). The molecule has 4 nitrogen and oxygen atoms in total. The molecule has 0 saturated heterocycles. The summed E-state index contributed by atoms with van der Waals surface area (Å²) in [4.78, 5) is 12.5. The van der Waals surface area contributed by atoms with Gasteiger partial charge in [-0.2, -0.15) is 0 Å². The predicted molar refractivity (Wildman–Crippen MR) is 82.1 cm³/mol. The Kier molecular flexibility index (Phi) is 5.37. The Morgan fingerprint density at radius 2 is 2.19 bits per heavy atom. The van der Waals surface area contributed by atoms with Crippen molar-refractivity contribution in [3.63, 3.8) is 0 Å². The van der Waals surface area contributed by atoms with Crippen LogP contribution in [0.5, 0.6) is 0 Å². The number of carbonyl (C=O) groups is 1. The van der Waals surface area contributed by atoms with E-state index in [4.69, 9.17) is 15.2 Å². The molecule has 1 saturated carbocycles. The number of hydrogen-bond donors (Lipinski definition) is 1. The summed E-state index contributed by atoms with van der Waals surface area (Å²) in [5.41, 5.74) is 7.04. The van der Waals surface area contributed by atoms with Gasteiger partial charge >= 0.3 is 5.97 Å². The largest absolute Gasteiger partial charge is 0.465 e. The van der Waals surface area contributed by atoms with Crippen LogP contribution in [0.25, 0.3) is 0 Å². The number of hydrogen-bond acceptors (Lipinski definition) is 4. The van der Waals surface area contributed by atoms with Gasteiger partial charge in [0.1, 0.15) is 5.41 Å². The van der Waals surface area contributed by atoms with Crippen molar-refractivity contribution in [2.75, 3.05) is 26.4 Å². The molecule has 1 fully saturated rings. The van der Waals surface area contributed by atoms with Crippen LogP contribution in [-0.2, 0) is 19.7 Å². The Hall–Kier alpha value is -1.39. The lowest BCUT2D eigenvalue weighted by molar-refractivity contribution is -0.152. The van der Waals surface area contributed by atoms with Gasteiger partial charge in [-0.15, -0.1) is 0 Å². The fourth-order valence-electron chi connectivity index (χ4n) is 2.42. The molecular weight excluding hydrogens is 266 g/mol. The Balaban J connectivity index is 2.22. The summed E-state index contributed by atoms with van der Waals surface area (Å²) in [6.45, 7) is 5.31. The Labute approximate surface area is 126 Å². The number of aryl methyl sites for hydroxylation is 1. The van der Waals surface area contributed by atoms with E-state index in [0.29, 0.717) is 19.1 Å². The lowest BCUT2D eigenvalue weighted by atomic mass is 9.80. The van der Waals surface area contributed by atoms with Crippen LogP contribution in [0.4, 0.5) is 0 Å². The maximum absolute atomic E-state index is 12.5. The molecule has 4 heteroatoms. The van der Waals surface area contributed by atoms with E-state index in [0.717, 1.165) is 11.1 Å². The zero-order chi connectivity index (χ0) is 15.3. The van der Waals surface area contributed by atoms with Crippen molar-refractivity contribution in [2.45, 2.75) is 32.1 Å². The minimum Gasteiger partial charge on any atom is -0.465 e. The third-order valence-corrected chi connectivity index (χ3v) is 3.98. The first-order valence-corrected chi connectivity index (χ1v) is 7.64. The van der Waals surface area contributed by atoms with E-state index in [2.05, 4.69) is 0 Å². The van der Waals surface area contributed by atoms with Gasteiger partial charge in [0.25, 0.3) is 0 Å². The van der Waals surface area contributed by atoms with Crippen molar-refractivity contribution >= 4 is 5.97 Å². The molecule has 1 aliphatic carbocycles. The second-order valence-electron chi connectivity index (χ2n) is 5.83. The highest BCUT2D eigenvalue weighted by Crippen LogP contribution is 2.31. The van der Waals surface area contributed by atoms with Crippen molar-refractivity contribution in [3.05, 3.63) is 35.4 Å². The molecule has 0 spiro atoms. The zero-order valence-corrected chi connectivity index (χ0v) is 12.9. The standard InChI is InChI=1S/C17H25NO3/c1-3-21-16(19)17(11-18,12-20-10-14-7-8-14)15-6-4-5-13(2)9-15/h4-6,9,14H,3,7-8,10-12,18H2,1-2H3. The fraction of sp³-hybridized carbons (Fsp3) is 0.588. The first-order valence-electron chi connectivity index (χ1n) is 7.64. The van der Waals surface area contributed by atoms with Crippen LogP contribution in [0.15, 0.2) is 24.3 Å². The summed E-state index contributed by atoms with van der Waals surface area (Å²) in [7, 11) is 0. The molecule has 2 N–H and O–H groups in total. The molecule has 21 heavy (non-hydrogen) atoms. The average molecular weight is 291 g/mol. The van der Waals surface area contributed by atoms with Crippen LogP contribution in [0.1, 0.15) is 30.9 Å². The molecule has 116 valence electrons. The third-order valence-electron chi connectivity index (χ3n) is 3.98. The molecule has 1 aliphatic rings. The van der Waals surface area contributed by atoms with Gasteiger partial charge in [0, 0.05) is 13.2 Å². The van der Waals surface area contributed by atoms with Crippen LogP contribution in [0.3, 0.4) is 0 Å². The molecule has 1 aromatic rings. The minimum atomic E-state index is -0.906. The van der Waals surface area contributed by atoms with Crippen LogP contribution in [0, 0.1) is 12.8 Å². The SMILES string of the molecule is CCOC(=O)C(CN)(COCC1CC1)c1cccc(C)c1. The lowest BCUT2D eigenvalue weighted by Gasteiger charge is -2.30. The lowest BCUT2D eigenvalue weighted by Crippen LogP contribution is -2.48. The van der Waals surface area contributed by atoms with Crippen molar-refractivity contribution < 1.29 is 14.3 Å². The van der Waals surface area contributed by atoms with Crippen molar-refractivity contribution in [1.82, 2.24) is 0 Å². The van der Waals surface area contributed by atoms with Gasteiger partial charge in [-0.25, -0.2) is 0 Å². The summed E-state index contributed by atoms with van der Waals surface area (Å²) >= 11 is 0. The van der Waals surface area contributed by atoms with Crippen LogP contribution < -0.4 is 5.73 Å². The van der Waals surface area contributed by atoms with E-state index >= 15 is 0 Å². The number of ether oxygens (including phenoxy) is 2. The smallest absolute Gasteiger partial charge is 0.320 e. The van der Waals surface area contributed by atoms with Crippen molar-refractivity contribution in [3.8, 4) is 0 Å². The van der Waals surface area contributed by atoms with E-state index in [-0.39, 0.29) is 19.1 Å². The maximum Gasteiger partial charge on any atom is 0.320 e. The number of nitrogens with two attached hydrogens (primary N) is 1. The minimum absolute atomic E-state index is 0.181. The van der Waals surface area contributed by atoms with E-state index < -0.39 is 5.41 Å². The van der Waals surface area contributed by atoms with Crippen LogP contribution in [0.2, 0.25) is 0 Å². The third kappa shape index (κ3) is 3.83. The Morgan fingerprint density at radius 1 is 1.43 bits per heavy atom. The molecule has 1 unspecified atom stereocenters. The van der Waals surface area contributed by atoms with Gasteiger partial charge in [0.2, 0.25) is 0 Å². The number of esters is 1. The molecule has 0 bridgehead atoms. The summed E-state index contributed by atoms with van der Waals surface area (Å²) in [6.07, 6.45) is 2.44. The predicted octanol–water partition coefficient (Wildman–Crippen LogP) is 2.18. The molecule has 1 atom stereocenters. The zero-order valence-electron chi connectivity index (χ0n) is 12.9. The second kappa shape index (κ2) is 7.05. The molecule has 1 aromatic carbocycles. The van der Waals surface area contributed by atoms with Gasteiger partial charge in [-0.3, -0.25) is 4.79 Å². The number of carbonyl (C=O) groups excluding carboxylic acids is 1. The van der Waals surface area contributed by atoms with Gasteiger partial charge in [0.15, 0.2) is 0 Å². The van der Waals surface area contributed by atoms with Gasteiger partial charge < -0.3 is 15.2 Å². The van der Waals surface area contributed by atoms with Crippen molar-refractivity contribution in [1.29, 1.82) is 0 Å². The van der Waals surface area contributed by atoms with E-state index in [9.17, 15) is 4.79 Å². The molecule has 0 radical (unpaired) electrons. The first kappa shape index (κ1) is 16.0. The number of rotatable bonds is 8. The fourth-order valence-corrected chi connectivity index (χ4v) is 2.42. The Morgan fingerprint density at radius 3 is 2.76 bits per heavy atom. The van der Waals surface area contributed by atoms with E-state index in [1.807, 2.05) is 31.2 Å². The van der Waals surface area contributed by atoms with E-state index in [1.165, 1.54) is 12.8 Å². The average Bonchev–Trinajstić information content (AvgIpc) is 3.28. The highest BCUT2D eigenvalue weighted by atomic mass is 16.5. The van der Waals surface area contributed by atoms with Crippen LogP contribution >= 0.6 is 0 Å². The highest BCUT2D eigenvalue weighted by molar-refractivity contribution is 5.84. The second-order valence-corrected chi connectivity index (χ2v) is 5.83. The molecule has 0 aromatic heterocycles. The number of benzene rings is 1. The van der Waals surface area contributed by atoms with Crippen LogP contribution in [-0.4, -0.2) is 32.3 Å². The molecule has 0 heterocycles. The molecule has 0 aliphatic heterocycles. The molecular formula is C17H25NO3. The van der Waals surface area contributed by atoms with Gasteiger partial charge in [-0.1, -0.05) is 29.8 Å². The first-order chi connectivity index (χ1) is 10.1. The summed E-state index contributed by atoms with van der Waals surface area (Å²) < 4.78 is 11.1. The molecule has 0 amide bonds. The van der Waals surface area contributed by atoms with E-state index in [1.54, 1.807) is 6.92 Å². The maximum atomic E-state index is 12.5.